The van der Waals surface area contributed by atoms with Crippen LogP contribution in [0.2, 0.25) is 0 Å². The molecule has 1 N–H and O–H groups in total. The molecule has 0 rings (SSSR count). The lowest BCUT2D eigenvalue weighted by Crippen LogP contribution is -2.16. The van der Waals surface area contributed by atoms with Crippen molar-refractivity contribution >= 4 is 0 Å². The van der Waals surface area contributed by atoms with Gasteiger partial charge in [-0.15, -0.1) is 0 Å². The van der Waals surface area contributed by atoms with Crippen LogP contribution in [0.15, 0.2) is 0 Å². The molecular formula is C13H29NO. The first-order chi connectivity index (χ1) is 6.85. The summed E-state index contributed by atoms with van der Waals surface area (Å²) in [5, 5.41) is 9.27. The number of hydrogen-bond donors (Lipinski definition) is 1. The molecule has 0 aromatic carbocycles. The third-order valence-electron chi connectivity index (χ3n) is 2.78. The molecule has 0 radical (unpaired) electrons. The Hall–Kier alpha value is -0.0800. The van der Waals surface area contributed by atoms with E-state index in [4.69, 9.17) is 0 Å². The highest BCUT2D eigenvalue weighted by Crippen LogP contribution is 2.25. The molecule has 0 saturated heterocycles. The van der Waals surface area contributed by atoms with Crippen LogP contribution < -0.4 is 0 Å². The predicted molar refractivity (Wildman–Crippen MR) is 67.1 cm³/mol. The minimum Gasteiger partial charge on any atom is -0.396 e. The maximum atomic E-state index is 9.27. The van der Waals surface area contributed by atoms with Gasteiger partial charge in [0.05, 0.1) is 0 Å². The topological polar surface area (TPSA) is 23.5 Å². The summed E-state index contributed by atoms with van der Waals surface area (Å²) in [6.07, 6.45) is 4.72. The lowest BCUT2D eigenvalue weighted by molar-refractivity contribution is 0.187. The molecule has 0 saturated carbocycles. The maximum absolute atomic E-state index is 9.27. The molecule has 0 bridgehead atoms. The Balaban J connectivity index is 3.64. The van der Waals surface area contributed by atoms with Gasteiger partial charge in [-0.1, -0.05) is 20.8 Å². The van der Waals surface area contributed by atoms with Crippen LogP contribution in [0.5, 0.6) is 0 Å². The van der Waals surface area contributed by atoms with E-state index in [0.717, 1.165) is 19.4 Å². The molecule has 0 aliphatic heterocycles. The van der Waals surface area contributed by atoms with E-state index in [1.807, 2.05) is 0 Å². The second-order valence-corrected chi connectivity index (χ2v) is 6.09. The molecule has 0 aliphatic carbocycles. The fourth-order valence-corrected chi connectivity index (χ4v) is 1.66. The number of aliphatic hydroxyl groups is 1. The average Bonchev–Trinajstić information content (AvgIpc) is 2.08. The summed E-state index contributed by atoms with van der Waals surface area (Å²) in [5.74, 6) is 0.504. The average molecular weight is 215 g/mol. The molecule has 2 heteroatoms. The molecule has 1 atom stereocenters. The first kappa shape index (κ1) is 14.9. The zero-order chi connectivity index (χ0) is 11.9. The van der Waals surface area contributed by atoms with Gasteiger partial charge in [-0.05, 0) is 57.7 Å². The Bertz CT molecular complexity index is 149. The summed E-state index contributed by atoms with van der Waals surface area (Å²) >= 11 is 0. The van der Waals surface area contributed by atoms with Crippen LogP contribution in [-0.4, -0.2) is 37.3 Å². The highest BCUT2D eigenvalue weighted by molar-refractivity contribution is 4.66. The normalized spacial score (nSPS) is 14.6. The fourth-order valence-electron chi connectivity index (χ4n) is 1.66. The molecule has 0 amide bonds. The molecule has 0 spiro atoms. The number of rotatable bonds is 7. The zero-order valence-corrected chi connectivity index (χ0v) is 11.2. The highest BCUT2D eigenvalue weighted by Gasteiger charge is 2.14. The van der Waals surface area contributed by atoms with E-state index >= 15 is 0 Å². The van der Waals surface area contributed by atoms with Crippen LogP contribution in [0.25, 0.3) is 0 Å². The number of nitrogens with zero attached hydrogens (tertiary/aromatic N) is 1. The Kier molecular flexibility index (Phi) is 7.20. The Morgan fingerprint density at radius 3 is 2.13 bits per heavy atom. The fraction of sp³-hybridized carbons (Fsp3) is 1.00. The summed E-state index contributed by atoms with van der Waals surface area (Å²) in [6.45, 7) is 8.28. The highest BCUT2D eigenvalue weighted by atomic mass is 16.3. The van der Waals surface area contributed by atoms with Gasteiger partial charge in [0.25, 0.3) is 0 Å². The SMILES string of the molecule is CN(C)CCC[C@@H](CO)CCC(C)(C)C. The van der Waals surface area contributed by atoms with Crippen LogP contribution in [-0.2, 0) is 0 Å². The van der Waals surface area contributed by atoms with Crippen molar-refractivity contribution < 1.29 is 5.11 Å². The lowest BCUT2D eigenvalue weighted by Gasteiger charge is -2.22. The van der Waals surface area contributed by atoms with Crippen molar-refractivity contribution in [2.75, 3.05) is 27.2 Å². The summed E-state index contributed by atoms with van der Waals surface area (Å²) in [5.41, 5.74) is 0.398. The van der Waals surface area contributed by atoms with E-state index in [-0.39, 0.29) is 0 Å². The Labute approximate surface area is 95.7 Å². The zero-order valence-electron chi connectivity index (χ0n) is 11.2. The van der Waals surface area contributed by atoms with Gasteiger partial charge in [-0.25, -0.2) is 0 Å². The van der Waals surface area contributed by atoms with Crippen molar-refractivity contribution in [1.29, 1.82) is 0 Å². The molecule has 2 nitrogen and oxygen atoms in total. The standard InChI is InChI=1S/C13H29NO/c1-13(2,3)9-8-12(11-15)7-6-10-14(4)5/h12,15H,6-11H2,1-5H3/t12-/m1/s1. The van der Waals surface area contributed by atoms with Crippen LogP contribution in [0.4, 0.5) is 0 Å². The van der Waals surface area contributed by atoms with Gasteiger partial charge in [0, 0.05) is 6.61 Å². The van der Waals surface area contributed by atoms with Gasteiger partial charge in [-0.2, -0.15) is 0 Å². The van der Waals surface area contributed by atoms with Gasteiger partial charge in [-0.3, -0.25) is 0 Å². The van der Waals surface area contributed by atoms with E-state index in [2.05, 4.69) is 39.8 Å². The molecule has 0 aliphatic rings. The van der Waals surface area contributed by atoms with Crippen molar-refractivity contribution in [3.8, 4) is 0 Å². The van der Waals surface area contributed by atoms with E-state index in [1.165, 1.54) is 12.8 Å². The minimum atomic E-state index is 0.351. The third kappa shape index (κ3) is 10.2. The number of aliphatic hydroxyl groups excluding tert-OH is 1. The predicted octanol–water partition coefficient (Wildman–Crippen LogP) is 2.76. The molecule has 15 heavy (non-hydrogen) atoms. The van der Waals surface area contributed by atoms with Crippen LogP contribution >= 0.6 is 0 Å². The summed E-state index contributed by atoms with van der Waals surface area (Å²) in [6, 6.07) is 0. The summed E-state index contributed by atoms with van der Waals surface area (Å²) in [4.78, 5) is 2.21. The number of hydrogen-bond acceptors (Lipinski definition) is 2. The van der Waals surface area contributed by atoms with Crippen molar-refractivity contribution in [1.82, 2.24) is 4.90 Å². The van der Waals surface area contributed by atoms with Crippen LogP contribution in [0, 0.1) is 11.3 Å². The lowest BCUT2D eigenvalue weighted by atomic mass is 9.85. The van der Waals surface area contributed by atoms with E-state index in [1.54, 1.807) is 0 Å². The molecule has 0 aromatic rings. The maximum Gasteiger partial charge on any atom is 0.0459 e. The van der Waals surface area contributed by atoms with Gasteiger partial charge >= 0.3 is 0 Å². The first-order valence-electron chi connectivity index (χ1n) is 6.11. The van der Waals surface area contributed by atoms with Crippen molar-refractivity contribution in [3.05, 3.63) is 0 Å². The van der Waals surface area contributed by atoms with Crippen molar-refractivity contribution in [2.24, 2.45) is 11.3 Å². The van der Waals surface area contributed by atoms with Gasteiger partial charge in [0.2, 0.25) is 0 Å². The largest absolute Gasteiger partial charge is 0.396 e. The second-order valence-electron chi connectivity index (χ2n) is 6.09. The molecule has 0 fully saturated rings. The van der Waals surface area contributed by atoms with E-state index < -0.39 is 0 Å². The third-order valence-corrected chi connectivity index (χ3v) is 2.78. The summed E-state index contributed by atoms with van der Waals surface area (Å²) in [7, 11) is 4.20. The first-order valence-corrected chi connectivity index (χ1v) is 6.11. The van der Waals surface area contributed by atoms with Crippen molar-refractivity contribution in [2.45, 2.75) is 46.5 Å². The molecule has 0 heterocycles. The quantitative estimate of drug-likeness (QED) is 0.706. The molecule has 0 aromatic heterocycles. The van der Waals surface area contributed by atoms with Gasteiger partial charge in [0.1, 0.15) is 0 Å². The van der Waals surface area contributed by atoms with Crippen LogP contribution in [0.3, 0.4) is 0 Å². The Morgan fingerprint density at radius 2 is 1.73 bits per heavy atom. The van der Waals surface area contributed by atoms with Gasteiger partial charge in [0.15, 0.2) is 0 Å². The smallest absolute Gasteiger partial charge is 0.0459 e. The molecule has 0 unspecified atom stereocenters. The van der Waals surface area contributed by atoms with E-state index in [0.29, 0.717) is 17.9 Å². The summed E-state index contributed by atoms with van der Waals surface area (Å²) < 4.78 is 0. The molecule has 92 valence electrons. The van der Waals surface area contributed by atoms with Crippen LogP contribution in [0.1, 0.15) is 46.5 Å². The van der Waals surface area contributed by atoms with Crippen molar-refractivity contribution in [3.63, 3.8) is 0 Å². The molecular weight excluding hydrogens is 186 g/mol. The monoisotopic (exact) mass is 215 g/mol. The minimum absolute atomic E-state index is 0.351. The Morgan fingerprint density at radius 1 is 1.13 bits per heavy atom. The second kappa shape index (κ2) is 7.24. The van der Waals surface area contributed by atoms with E-state index in [9.17, 15) is 5.11 Å². The van der Waals surface area contributed by atoms with Gasteiger partial charge < -0.3 is 10.0 Å².